The molecule has 0 saturated carbocycles. The van der Waals surface area contributed by atoms with Crippen LogP contribution in [0.1, 0.15) is 19.3 Å². The highest BCUT2D eigenvalue weighted by Crippen LogP contribution is 2.02. The lowest BCUT2D eigenvalue weighted by Crippen LogP contribution is -2.40. The van der Waals surface area contributed by atoms with E-state index in [0.717, 1.165) is 6.42 Å². The average Bonchev–Trinajstić information content (AvgIpc) is 2.15. The molecule has 0 rings (SSSR count). The quantitative estimate of drug-likeness (QED) is 0.415. The van der Waals surface area contributed by atoms with Crippen molar-refractivity contribution in [1.29, 1.82) is 0 Å². The van der Waals surface area contributed by atoms with Crippen LogP contribution in [0.5, 0.6) is 0 Å². The van der Waals surface area contributed by atoms with Crippen molar-refractivity contribution in [2.75, 3.05) is 13.7 Å². The molecule has 0 aromatic heterocycles. The highest BCUT2D eigenvalue weighted by Gasteiger charge is 2.20. The summed E-state index contributed by atoms with van der Waals surface area (Å²) in [6.07, 6.45) is 0.634. The van der Waals surface area contributed by atoms with Crippen LogP contribution >= 0.6 is 0 Å². The summed E-state index contributed by atoms with van der Waals surface area (Å²) in [5.74, 6) is -0.565. The Bertz CT molecular complexity index is 196. The van der Waals surface area contributed by atoms with E-state index in [9.17, 15) is 9.59 Å². The number of ether oxygens (including phenoxy) is 1. The molecule has 0 aromatic rings. The van der Waals surface area contributed by atoms with Crippen molar-refractivity contribution < 1.29 is 19.4 Å². The molecule has 0 aromatic carbocycles. The Labute approximate surface area is 82.4 Å². The number of methoxy groups -OCH3 is 1. The maximum absolute atomic E-state index is 11.1. The number of nitrogens with one attached hydrogen (secondary N) is 1. The largest absolute Gasteiger partial charge is 0.467 e. The maximum atomic E-state index is 11.1. The van der Waals surface area contributed by atoms with Gasteiger partial charge in [0.1, 0.15) is 6.04 Å². The monoisotopic (exact) mass is 204 g/mol. The van der Waals surface area contributed by atoms with Crippen LogP contribution in [0.25, 0.3) is 0 Å². The van der Waals surface area contributed by atoms with Gasteiger partial charge in [-0.2, -0.15) is 0 Å². The molecule has 82 valence electrons. The highest BCUT2D eigenvalue weighted by molar-refractivity contribution is 5.80. The van der Waals surface area contributed by atoms with Gasteiger partial charge in [-0.25, -0.2) is 9.59 Å². The van der Waals surface area contributed by atoms with E-state index in [-0.39, 0.29) is 0 Å². The van der Waals surface area contributed by atoms with Crippen molar-refractivity contribution in [3.63, 3.8) is 0 Å². The normalized spacial score (nSPS) is 11.9. The summed E-state index contributed by atoms with van der Waals surface area (Å²) in [5, 5.41) is 10.5. The third-order valence-electron chi connectivity index (χ3n) is 1.73. The number of hydrogen-bond donors (Lipinski definition) is 3. The van der Waals surface area contributed by atoms with E-state index in [2.05, 4.69) is 10.1 Å². The highest BCUT2D eigenvalue weighted by atomic mass is 16.5. The first-order valence-electron chi connectivity index (χ1n) is 4.39. The van der Waals surface area contributed by atoms with Crippen molar-refractivity contribution in [1.82, 2.24) is 5.32 Å². The lowest BCUT2D eigenvalue weighted by atomic mass is 10.1. The first-order chi connectivity index (χ1) is 6.61. The van der Waals surface area contributed by atoms with Crippen LogP contribution in [0.3, 0.4) is 0 Å². The van der Waals surface area contributed by atoms with Gasteiger partial charge in [-0.15, -0.1) is 0 Å². The van der Waals surface area contributed by atoms with Crippen LogP contribution in [0.2, 0.25) is 0 Å². The van der Waals surface area contributed by atoms with Gasteiger partial charge < -0.3 is 20.9 Å². The van der Waals surface area contributed by atoms with E-state index in [1.807, 2.05) is 0 Å². The first kappa shape index (κ1) is 12.7. The Morgan fingerprint density at radius 1 is 1.50 bits per heavy atom. The van der Waals surface area contributed by atoms with Gasteiger partial charge in [-0.1, -0.05) is 0 Å². The zero-order valence-electron chi connectivity index (χ0n) is 8.16. The standard InChI is InChI=1S/C8H16N2O4/c1-14-7(11)6(10-8(12)13)4-2-3-5-9/h6,10H,2-5,9H2,1H3,(H,12,13). The molecular weight excluding hydrogens is 188 g/mol. The van der Waals surface area contributed by atoms with E-state index in [4.69, 9.17) is 10.8 Å². The Balaban J connectivity index is 3.97. The second-order valence-corrected chi connectivity index (χ2v) is 2.81. The third kappa shape index (κ3) is 5.36. The minimum absolute atomic E-state index is 0.413. The SMILES string of the molecule is COC(=O)C(CCCCN)NC(=O)O. The Kier molecular flexibility index (Phi) is 6.47. The van der Waals surface area contributed by atoms with Crippen molar-refractivity contribution in [3.8, 4) is 0 Å². The average molecular weight is 204 g/mol. The molecule has 6 nitrogen and oxygen atoms in total. The smallest absolute Gasteiger partial charge is 0.405 e. The van der Waals surface area contributed by atoms with E-state index in [1.54, 1.807) is 0 Å². The van der Waals surface area contributed by atoms with E-state index < -0.39 is 18.1 Å². The number of rotatable bonds is 6. The van der Waals surface area contributed by atoms with Gasteiger partial charge in [0.2, 0.25) is 0 Å². The number of carbonyl (C=O) groups excluding carboxylic acids is 1. The molecule has 0 saturated heterocycles. The molecule has 0 radical (unpaired) electrons. The maximum Gasteiger partial charge on any atom is 0.405 e. The lowest BCUT2D eigenvalue weighted by Gasteiger charge is -2.13. The van der Waals surface area contributed by atoms with Gasteiger partial charge in [-0.05, 0) is 25.8 Å². The van der Waals surface area contributed by atoms with Crippen LogP contribution in [0.15, 0.2) is 0 Å². The summed E-state index contributed by atoms with van der Waals surface area (Å²) in [5.41, 5.74) is 5.27. The Morgan fingerprint density at radius 2 is 2.14 bits per heavy atom. The predicted octanol–water partition coefficient (Wildman–Crippen LogP) is -0.0754. The summed E-state index contributed by atoms with van der Waals surface area (Å²) >= 11 is 0. The van der Waals surface area contributed by atoms with Gasteiger partial charge in [0.25, 0.3) is 0 Å². The number of nitrogens with two attached hydrogens (primary N) is 1. The molecule has 0 aliphatic heterocycles. The molecule has 0 spiro atoms. The zero-order chi connectivity index (χ0) is 11.0. The molecule has 1 unspecified atom stereocenters. The van der Waals surface area contributed by atoms with Crippen LogP contribution < -0.4 is 11.1 Å². The van der Waals surface area contributed by atoms with Crippen molar-refractivity contribution in [2.45, 2.75) is 25.3 Å². The number of amides is 1. The molecule has 6 heteroatoms. The number of esters is 1. The van der Waals surface area contributed by atoms with Gasteiger partial charge in [0.05, 0.1) is 7.11 Å². The van der Waals surface area contributed by atoms with E-state index >= 15 is 0 Å². The Hall–Kier alpha value is -1.30. The molecule has 0 bridgehead atoms. The fourth-order valence-corrected chi connectivity index (χ4v) is 1.03. The minimum Gasteiger partial charge on any atom is -0.467 e. The second-order valence-electron chi connectivity index (χ2n) is 2.81. The topological polar surface area (TPSA) is 102 Å². The lowest BCUT2D eigenvalue weighted by molar-refractivity contribution is -0.143. The first-order valence-corrected chi connectivity index (χ1v) is 4.39. The fraction of sp³-hybridized carbons (Fsp3) is 0.750. The molecule has 1 atom stereocenters. The molecule has 1 amide bonds. The molecule has 14 heavy (non-hydrogen) atoms. The number of unbranched alkanes of at least 4 members (excludes halogenated alkanes) is 1. The number of carbonyl (C=O) groups is 2. The predicted molar refractivity (Wildman–Crippen MR) is 49.9 cm³/mol. The summed E-state index contributed by atoms with van der Waals surface area (Å²) < 4.78 is 4.45. The molecule has 4 N–H and O–H groups in total. The summed E-state index contributed by atoms with van der Waals surface area (Å²) in [7, 11) is 1.22. The van der Waals surface area contributed by atoms with Gasteiger partial charge >= 0.3 is 12.1 Å². The fourth-order valence-electron chi connectivity index (χ4n) is 1.03. The minimum atomic E-state index is -1.23. The summed E-state index contributed by atoms with van der Waals surface area (Å²) in [4.78, 5) is 21.4. The van der Waals surface area contributed by atoms with Crippen LogP contribution in [-0.4, -0.2) is 36.9 Å². The van der Waals surface area contributed by atoms with Crippen LogP contribution in [-0.2, 0) is 9.53 Å². The van der Waals surface area contributed by atoms with E-state index in [1.165, 1.54) is 7.11 Å². The Morgan fingerprint density at radius 3 is 2.57 bits per heavy atom. The number of carboxylic acid groups (broad SMARTS) is 1. The van der Waals surface area contributed by atoms with Crippen molar-refractivity contribution in [2.24, 2.45) is 5.73 Å². The van der Waals surface area contributed by atoms with Crippen LogP contribution in [0, 0.1) is 0 Å². The molecule has 0 heterocycles. The van der Waals surface area contributed by atoms with Gasteiger partial charge in [0, 0.05) is 0 Å². The molecule has 0 aliphatic carbocycles. The zero-order valence-corrected chi connectivity index (χ0v) is 8.16. The van der Waals surface area contributed by atoms with Crippen molar-refractivity contribution >= 4 is 12.1 Å². The summed E-state index contributed by atoms with van der Waals surface area (Å²) in [6.45, 7) is 0.529. The van der Waals surface area contributed by atoms with Gasteiger partial charge in [0.15, 0.2) is 0 Å². The summed E-state index contributed by atoms with van der Waals surface area (Å²) in [6, 6.07) is -0.788. The van der Waals surface area contributed by atoms with Gasteiger partial charge in [-0.3, -0.25) is 0 Å². The third-order valence-corrected chi connectivity index (χ3v) is 1.73. The van der Waals surface area contributed by atoms with E-state index in [0.29, 0.717) is 19.4 Å². The molecule has 0 aliphatic rings. The molecular formula is C8H16N2O4. The number of hydrogen-bond acceptors (Lipinski definition) is 4. The van der Waals surface area contributed by atoms with Crippen molar-refractivity contribution in [3.05, 3.63) is 0 Å². The van der Waals surface area contributed by atoms with Crippen LogP contribution in [0.4, 0.5) is 4.79 Å². The second kappa shape index (κ2) is 7.14. The molecule has 0 fully saturated rings.